The first kappa shape index (κ1) is 20.7. The fourth-order valence-electron chi connectivity index (χ4n) is 3.78. The van der Waals surface area contributed by atoms with E-state index in [2.05, 4.69) is 4.90 Å². The summed E-state index contributed by atoms with van der Waals surface area (Å²) in [5, 5.41) is 0.902. The van der Waals surface area contributed by atoms with Crippen LogP contribution in [0.25, 0.3) is 11.0 Å². The highest BCUT2D eigenvalue weighted by Gasteiger charge is 2.28. The molecule has 4 rings (SSSR count). The summed E-state index contributed by atoms with van der Waals surface area (Å²) in [5.41, 5.74) is 3.10. The van der Waals surface area contributed by atoms with Crippen molar-refractivity contribution in [1.82, 2.24) is 9.21 Å². The van der Waals surface area contributed by atoms with Gasteiger partial charge in [0.2, 0.25) is 10.0 Å². The van der Waals surface area contributed by atoms with Crippen LogP contribution < -0.4 is 5.63 Å². The van der Waals surface area contributed by atoms with Gasteiger partial charge in [-0.25, -0.2) is 17.6 Å². The normalized spacial score (nSPS) is 16.2. The van der Waals surface area contributed by atoms with E-state index in [0.717, 1.165) is 34.2 Å². The molecule has 158 valence electrons. The van der Waals surface area contributed by atoms with Crippen LogP contribution in [0.1, 0.15) is 16.7 Å². The number of hydrogen-bond acceptors (Lipinski definition) is 5. The SMILES string of the molecule is Cc1ccc2c(CN3CCN(S(=O)(=O)c4ccc(F)cc4)CC3)cc(=O)oc2c1C. The Hall–Kier alpha value is -2.55. The number of fused-ring (bicyclic) bond motifs is 1. The number of hydrogen-bond donors (Lipinski definition) is 0. The van der Waals surface area contributed by atoms with Crippen LogP contribution in [0.5, 0.6) is 0 Å². The Morgan fingerprint density at radius 1 is 1.00 bits per heavy atom. The molecule has 1 aliphatic rings. The molecule has 8 heteroatoms. The van der Waals surface area contributed by atoms with Crippen molar-refractivity contribution in [2.75, 3.05) is 26.2 Å². The average molecular weight is 431 g/mol. The summed E-state index contributed by atoms with van der Waals surface area (Å²) in [6.07, 6.45) is 0. The second-order valence-electron chi connectivity index (χ2n) is 7.61. The van der Waals surface area contributed by atoms with Gasteiger partial charge in [-0.1, -0.05) is 12.1 Å². The van der Waals surface area contributed by atoms with Gasteiger partial charge in [-0.15, -0.1) is 0 Å². The third-order valence-electron chi connectivity index (χ3n) is 5.69. The standard InChI is InChI=1S/C22H23FN2O4S/c1-15-3-8-20-17(13-21(26)29-22(20)16(15)2)14-24-9-11-25(12-10-24)30(27,28)19-6-4-18(23)5-7-19/h3-8,13H,9-12,14H2,1-2H3. The zero-order chi connectivity index (χ0) is 21.5. The van der Waals surface area contributed by atoms with Crippen LogP contribution in [0.15, 0.2) is 56.6 Å². The second-order valence-corrected chi connectivity index (χ2v) is 9.55. The lowest BCUT2D eigenvalue weighted by Gasteiger charge is -2.34. The molecule has 0 atom stereocenters. The molecule has 1 aliphatic heterocycles. The summed E-state index contributed by atoms with van der Waals surface area (Å²) in [7, 11) is -3.65. The highest BCUT2D eigenvalue weighted by Crippen LogP contribution is 2.25. The Bertz CT molecular complexity index is 1240. The lowest BCUT2D eigenvalue weighted by molar-refractivity contribution is 0.182. The maximum Gasteiger partial charge on any atom is 0.336 e. The first-order valence-electron chi connectivity index (χ1n) is 9.77. The molecule has 1 fully saturated rings. The van der Waals surface area contributed by atoms with E-state index >= 15 is 0 Å². The molecule has 0 bridgehead atoms. The highest BCUT2D eigenvalue weighted by molar-refractivity contribution is 7.89. The minimum Gasteiger partial charge on any atom is -0.422 e. The van der Waals surface area contributed by atoms with Crippen molar-refractivity contribution in [3.8, 4) is 0 Å². The highest BCUT2D eigenvalue weighted by atomic mass is 32.2. The summed E-state index contributed by atoms with van der Waals surface area (Å²) in [6, 6.07) is 10.4. The van der Waals surface area contributed by atoms with Crippen molar-refractivity contribution in [2.24, 2.45) is 0 Å². The van der Waals surface area contributed by atoms with E-state index in [1.54, 1.807) is 0 Å². The maximum atomic E-state index is 13.1. The van der Waals surface area contributed by atoms with Gasteiger partial charge in [-0.2, -0.15) is 4.31 Å². The van der Waals surface area contributed by atoms with Crippen LogP contribution in [0.4, 0.5) is 4.39 Å². The Morgan fingerprint density at radius 3 is 2.33 bits per heavy atom. The average Bonchev–Trinajstić information content (AvgIpc) is 2.72. The predicted octanol–water partition coefficient (Wildman–Crippen LogP) is 3.06. The molecule has 2 aromatic carbocycles. The molecule has 0 amide bonds. The van der Waals surface area contributed by atoms with Crippen molar-refractivity contribution in [1.29, 1.82) is 0 Å². The lowest BCUT2D eigenvalue weighted by Crippen LogP contribution is -2.48. The van der Waals surface area contributed by atoms with E-state index in [4.69, 9.17) is 4.42 Å². The van der Waals surface area contributed by atoms with Gasteiger partial charge >= 0.3 is 5.63 Å². The number of piperazine rings is 1. The third kappa shape index (κ3) is 3.90. The molecule has 3 aromatic rings. The Balaban J connectivity index is 1.51. The summed E-state index contributed by atoms with van der Waals surface area (Å²) < 4.78 is 45.5. The molecule has 0 saturated carbocycles. The monoisotopic (exact) mass is 430 g/mol. The van der Waals surface area contributed by atoms with Gasteiger partial charge < -0.3 is 4.42 Å². The molecule has 0 spiro atoms. The van der Waals surface area contributed by atoms with Gasteiger partial charge in [-0.3, -0.25) is 4.90 Å². The fourth-order valence-corrected chi connectivity index (χ4v) is 5.20. The first-order chi connectivity index (χ1) is 14.3. The number of nitrogens with zero attached hydrogens (tertiary/aromatic N) is 2. The van der Waals surface area contributed by atoms with E-state index in [9.17, 15) is 17.6 Å². The zero-order valence-electron chi connectivity index (χ0n) is 16.9. The molecule has 0 N–H and O–H groups in total. The predicted molar refractivity (Wildman–Crippen MR) is 112 cm³/mol. The number of rotatable bonds is 4. The number of benzene rings is 2. The van der Waals surface area contributed by atoms with Crippen LogP contribution in [0.3, 0.4) is 0 Å². The Labute approximate surface area is 174 Å². The van der Waals surface area contributed by atoms with Crippen LogP contribution >= 0.6 is 0 Å². The minimum atomic E-state index is -3.65. The maximum absolute atomic E-state index is 13.1. The van der Waals surface area contributed by atoms with Crippen molar-refractivity contribution >= 4 is 21.0 Å². The van der Waals surface area contributed by atoms with Crippen LogP contribution in [-0.2, 0) is 16.6 Å². The summed E-state index contributed by atoms with van der Waals surface area (Å²) in [6.45, 7) is 6.18. The largest absolute Gasteiger partial charge is 0.422 e. The minimum absolute atomic E-state index is 0.0925. The molecule has 0 unspecified atom stereocenters. The van der Waals surface area contributed by atoms with E-state index < -0.39 is 15.8 Å². The van der Waals surface area contributed by atoms with E-state index in [0.29, 0.717) is 38.3 Å². The summed E-state index contributed by atoms with van der Waals surface area (Å²) in [5.74, 6) is -0.469. The first-order valence-corrected chi connectivity index (χ1v) is 11.2. The van der Waals surface area contributed by atoms with Crippen LogP contribution in [0.2, 0.25) is 0 Å². The quantitative estimate of drug-likeness (QED) is 0.595. The molecular weight excluding hydrogens is 407 g/mol. The number of sulfonamides is 1. The van der Waals surface area contributed by atoms with Gasteiger partial charge in [0.1, 0.15) is 11.4 Å². The van der Waals surface area contributed by atoms with Crippen molar-refractivity contribution in [3.63, 3.8) is 0 Å². The Kier molecular flexibility index (Phi) is 5.48. The van der Waals surface area contributed by atoms with Gasteiger partial charge in [0.25, 0.3) is 0 Å². The fraction of sp³-hybridized carbons (Fsp3) is 0.318. The van der Waals surface area contributed by atoms with Crippen LogP contribution in [-0.4, -0.2) is 43.8 Å². The molecule has 6 nitrogen and oxygen atoms in total. The molecule has 1 saturated heterocycles. The molecule has 0 radical (unpaired) electrons. The van der Waals surface area contributed by atoms with Crippen molar-refractivity contribution in [3.05, 3.63) is 75.4 Å². The molecular formula is C22H23FN2O4S. The molecule has 1 aromatic heterocycles. The van der Waals surface area contributed by atoms with E-state index in [-0.39, 0.29) is 10.5 Å². The van der Waals surface area contributed by atoms with E-state index in [1.807, 2.05) is 26.0 Å². The second kappa shape index (κ2) is 7.94. The Morgan fingerprint density at radius 2 is 1.67 bits per heavy atom. The van der Waals surface area contributed by atoms with Gasteiger partial charge in [-0.05, 0) is 54.8 Å². The van der Waals surface area contributed by atoms with E-state index in [1.165, 1.54) is 22.5 Å². The third-order valence-corrected chi connectivity index (χ3v) is 7.61. The summed E-state index contributed by atoms with van der Waals surface area (Å²) in [4.78, 5) is 14.3. The smallest absolute Gasteiger partial charge is 0.336 e. The molecule has 2 heterocycles. The number of aryl methyl sites for hydroxylation is 2. The number of halogens is 1. The topological polar surface area (TPSA) is 70.8 Å². The lowest BCUT2D eigenvalue weighted by atomic mass is 10.0. The van der Waals surface area contributed by atoms with Gasteiger partial charge in [0.05, 0.1) is 4.90 Å². The van der Waals surface area contributed by atoms with Crippen molar-refractivity contribution < 1.29 is 17.2 Å². The molecule has 30 heavy (non-hydrogen) atoms. The van der Waals surface area contributed by atoms with Crippen molar-refractivity contribution in [2.45, 2.75) is 25.3 Å². The van der Waals surface area contributed by atoms with Crippen LogP contribution in [0, 0.1) is 19.7 Å². The molecule has 0 aliphatic carbocycles. The summed E-state index contributed by atoms with van der Waals surface area (Å²) >= 11 is 0. The van der Waals surface area contributed by atoms with Gasteiger partial charge in [0.15, 0.2) is 0 Å². The van der Waals surface area contributed by atoms with Gasteiger partial charge in [0, 0.05) is 44.2 Å². The zero-order valence-corrected chi connectivity index (χ0v) is 17.7.